The summed E-state index contributed by atoms with van der Waals surface area (Å²) in [4.78, 5) is 7.08. The summed E-state index contributed by atoms with van der Waals surface area (Å²) >= 11 is 1.85. The van der Waals surface area contributed by atoms with Crippen molar-refractivity contribution in [2.45, 2.75) is 53.0 Å². The first-order chi connectivity index (χ1) is 11.4. The minimum Gasteiger partial charge on any atom is -0.361 e. The van der Waals surface area contributed by atoms with Crippen LogP contribution in [0.15, 0.2) is 21.6 Å². The quantitative estimate of drug-likeness (QED) is 0.373. The maximum Gasteiger partial charge on any atom is 0.191 e. The van der Waals surface area contributed by atoms with Crippen molar-refractivity contribution in [3.8, 4) is 0 Å². The predicted octanol–water partition coefficient (Wildman–Crippen LogP) is 4.18. The summed E-state index contributed by atoms with van der Waals surface area (Å²) < 4.78 is 5.26. The van der Waals surface area contributed by atoms with Crippen molar-refractivity contribution in [2.24, 2.45) is 4.99 Å². The first-order valence-electron chi connectivity index (χ1n) is 8.36. The summed E-state index contributed by atoms with van der Waals surface area (Å²) in [6, 6.07) is 4.70. The van der Waals surface area contributed by atoms with E-state index in [0.717, 1.165) is 30.4 Å². The van der Waals surface area contributed by atoms with Crippen molar-refractivity contribution < 1.29 is 4.52 Å². The van der Waals surface area contributed by atoms with Gasteiger partial charge in [-0.1, -0.05) is 12.1 Å². The number of aryl methyl sites for hydroxylation is 3. The van der Waals surface area contributed by atoms with Gasteiger partial charge in [0.1, 0.15) is 5.76 Å². The van der Waals surface area contributed by atoms with E-state index in [4.69, 9.17) is 4.52 Å². The normalized spacial score (nSPS) is 13.9. The highest BCUT2D eigenvalue weighted by Gasteiger charge is 2.17. The molecule has 0 radical (unpaired) electrons. The van der Waals surface area contributed by atoms with Crippen molar-refractivity contribution in [1.82, 2.24) is 15.8 Å². The fraction of sp³-hybridized carbons (Fsp3) is 0.556. The van der Waals surface area contributed by atoms with E-state index in [9.17, 15) is 0 Å². The van der Waals surface area contributed by atoms with Gasteiger partial charge < -0.3 is 15.2 Å². The van der Waals surface area contributed by atoms with E-state index in [2.05, 4.69) is 53.7 Å². The summed E-state index contributed by atoms with van der Waals surface area (Å²) in [7, 11) is 1.80. The van der Waals surface area contributed by atoms with Gasteiger partial charge in [-0.15, -0.1) is 35.3 Å². The van der Waals surface area contributed by atoms with Gasteiger partial charge in [-0.2, -0.15) is 0 Å². The van der Waals surface area contributed by atoms with E-state index in [1.807, 2.05) is 25.2 Å². The molecule has 5 nitrogen and oxygen atoms in total. The van der Waals surface area contributed by atoms with Crippen LogP contribution in [-0.2, 0) is 6.42 Å². The summed E-state index contributed by atoms with van der Waals surface area (Å²) in [5, 5.41) is 10.9. The van der Waals surface area contributed by atoms with E-state index in [0.29, 0.717) is 12.0 Å². The highest BCUT2D eigenvalue weighted by molar-refractivity contribution is 14.0. The predicted molar refractivity (Wildman–Crippen MR) is 117 cm³/mol. The zero-order valence-electron chi connectivity index (χ0n) is 15.8. The third-order valence-electron chi connectivity index (χ3n) is 4.07. The van der Waals surface area contributed by atoms with Gasteiger partial charge in [-0.05, 0) is 39.8 Å². The third kappa shape index (κ3) is 6.29. The van der Waals surface area contributed by atoms with Crippen LogP contribution < -0.4 is 10.6 Å². The molecule has 0 aliphatic carbocycles. The second-order valence-electron chi connectivity index (χ2n) is 6.35. The van der Waals surface area contributed by atoms with Crippen LogP contribution >= 0.6 is 35.3 Å². The Morgan fingerprint density at radius 1 is 1.28 bits per heavy atom. The van der Waals surface area contributed by atoms with Crippen LogP contribution in [0.25, 0.3) is 0 Å². The number of nitrogens with one attached hydrogen (secondary N) is 2. The third-order valence-corrected chi connectivity index (χ3v) is 5.09. The van der Waals surface area contributed by atoms with Gasteiger partial charge in [0.15, 0.2) is 5.96 Å². The molecule has 2 aromatic heterocycles. The summed E-state index contributed by atoms with van der Waals surface area (Å²) in [6.07, 6.45) is 0.999. The van der Waals surface area contributed by atoms with Crippen LogP contribution in [0.4, 0.5) is 0 Å². The lowest BCUT2D eigenvalue weighted by atomic mass is 10.00. The number of hydrogen-bond donors (Lipinski definition) is 2. The zero-order valence-corrected chi connectivity index (χ0v) is 19.0. The first kappa shape index (κ1) is 22.0. The molecule has 2 N–H and O–H groups in total. The number of hydrogen-bond acceptors (Lipinski definition) is 4. The molecule has 0 spiro atoms. The Bertz CT molecular complexity index is 676. The molecular weight excluding hydrogens is 447 g/mol. The zero-order chi connectivity index (χ0) is 17.7. The standard InChI is InChI=1S/C18H28N4OS.HI/c1-11(17-14(4)22-23-15(17)5)10-20-18(19-6)21-12(2)9-16-8-7-13(3)24-16;/h7-8,11-12H,9-10H2,1-6H3,(H2,19,20,21);1H. The maximum atomic E-state index is 5.26. The first-order valence-corrected chi connectivity index (χ1v) is 9.17. The molecular formula is C18H29IN4OS. The number of aromatic nitrogens is 1. The molecule has 25 heavy (non-hydrogen) atoms. The molecule has 0 aliphatic rings. The smallest absolute Gasteiger partial charge is 0.191 e. The number of guanidine groups is 1. The molecule has 0 aliphatic heterocycles. The lowest BCUT2D eigenvalue weighted by molar-refractivity contribution is 0.391. The fourth-order valence-electron chi connectivity index (χ4n) is 2.92. The molecule has 2 aromatic rings. The molecule has 2 atom stereocenters. The van der Waals surface area contributed by atoms with Crippen LogP contribution in [0.2, 0.25) is 0 Å². The Kier molecular flexibility index (Phi) is 8.92. The average molecular weight is 476 g/mol. The number of halogens is 1. The Labute approximate surface area is 171 Å². The molecule has 0 fully saturated rings. The highest BCUT2D eigenvalue weighted by Crippen LogP contribution is 2.22. The van der Waals surface area contributed by atoms with Crippen molar-refractivity contribution in [3.05, 3.63) is 38.9 Å². The van der Waals surface area contributed by atoms with Gasteiger partial charge in [0.25, 0.3) is 0 Å². The molecule has 2 heterocycles. The van der Waals surface area contributed by atoms with Gasteiger partial charge in [0.05, 0.1) is 5.69 Å². The molecule has 0 saturated carbocycles. The number of aliphatic imine (C=N–C) groups is 1. The van der Waals surface area contributed by atoms with E-state index in [-0.39, 0.29) is 24.0 Å². The van der Waals surface area contributed by atoms with Crippen molar-refractivity contribution in [3.63, 3.8) is 0 Å². The fourth-order valence-corrected chi connectivity index (χ4v) is 3.94. The van der Waals surface area contributed by atoms with Gasteiger partial charge in [-0.25, -0.2) is 0 Å². The molecule has 0 aromatic carbocycles. The summed E-state index contributed by atoms with van der Waals surface area (Å²) in [6.45, 7) is 11.2. The summed E-state index contributed by atoms with van der Waals surface area (Å²) in [5.74, 6) is 2.03. The van der Waals surface area contributed by atoms with Crippen LogP contribution in [0, 0.1) is 20.8 Å². The Morgan fingerprint density at radius 2 is 2.00 bits per heavy atom. The second-order valence-corrected chi connectivity index (χ2v) is 7.73. The monoisotopic (exact) mass is 476 g/mol. The van der Waals surface area contributed by atoms with Crippen molar-refractivity contribution in [2.75, 3.05) is 13.6 Å². The molecule has 140 valence electrons. The minimum atomic E-state index is 0. The highest BCUT2D eigenvalue weighted by atomic mass is 127. The van der Waals surface area contributed by atoms with Crippen molar-refractivity contribution in [1.29, 1.82) is 0 Å². The van der Waals surface area contributed by atoms with E-state index in [1.165, 1.54) is 15.3 Å². The molecule has 7 heteroatoms. The van der Waals surface area contributed by atoms with Crippen LogP contribution in [0.3, 0.4) is 0 Å². The van der Waals surface area contributed by atoms with Crippen LogP contribution in [0.5, 0.6) is 0 Å². The van der Waals surface area contributed by atoms with Gasteiger partial charge in [0.2, 0.25) is 0 Å². The van der Waals surface area contributed by atoms with E-state index >= 15 is 0 Å². The second kappa shape index (κ2) is 10.2. The number of thiophene rings is 1. The molecule has 0 amide bonds. The summed E-state index contributed by atoms with van der Waals surface area (Å²) in [5.41, 5.74) is 2.14. The maximum absolute atomic E-state index is 5.26. The average Bonchev–Trinajstić information content (AvgIpc) is 3.08. The lowest BCUT2D eigenvalue weighted by Crippen LogP contribution is -2.44. The molecule has 2 rings (SSSR count). The van der Waals surface area contributed by atoms with Crippen LogP contribution in [-0.4, -0.2) is 30.8 Å². The molecule has 2 unspecified atom stereocenters. The topological polar surface area (TPSA) is 62.5 Å². The van der Waals surface area contributed by atoms with Gasteiger partial charge >= 0.3 is 0 Å². The van der Waals surface area contributed by atoms with Crippen LogP contribution in [0.1, 0.15) is 46.5 Å². The molecule has 0 saturated heterocycles. The Balaban J connectivity index is 0.00000312. The SMILES string of the molecule is CN=C(NCC(C)c1c(C)noc1C)NC(C)Cc1ccc(C)s1.I. The van der Waals surface area contributed by atoms with Crippen molar-refractivity contribution >= 4 is 41.3 Å². The minimum absolute atomic E-state index is 0. The molecule has 0 bridgehead atoms. The van der Waals surface area contributed by atoms with Gasteiger partial charge in [-0.3, -0.25) is 4.99 Å². The van der Waals surface area contributed by atoms with E-state index < -0.39 is 0 Å². The number of rotatable bonds is 6. The largest absolute Gasteiger partial charge is 0.361 e. The Hall–Kier alpha value is -1.09. The number of nitrogens with zero attached hydrogens (tertiary/aromatic N) is 2. The Morgan fingerprint density at radius 3 is 2.52 bits per heavy atom. The lowest BCUT2D eigenvalue weighted by Gasteiger charge is -2.19. The van der Waals surface area contributed by atoms with Gasteiger partial charge in [0, 0.05) is 47.3 Å². The van der Waals surface area contributed by atoms with E-state index in [1.54, 1.807) is 7.05 Å².